The molecule has 3 aromatic rings. The van der Waals surface area contributed by atoms with Crippen molar-refractivity contribution in [3.05, 3.63) is 52.8 Å². The summed E-state index contributed by atoms with van der Waals surface area (Å²) in [6.07, 6.45) is 0. The molecule has 6 heteroatoms. The fourth-order valence-corrected chi connectivity index (χ4v) is 2.33. The molecule has 2 aromatic carbocycles. The predicted octanol–water partition coefficient (Wildman–Crippen LogP) is 3.89. The summed E-state index contributed by atoms with van der Waals surface area (Å²) < 4.78 is 19.2. The van der Waals surface area contributed by atoms with Gasteiger partial charge in [-0.2, -0.15) is 4.98 Å². The highest BCUT2D eigenvalue weighted by atomic mass is 79.9. The topological polar surface area (TPSA) is 64.9 Å². The third-order valence-corrected chi connectivity index (χ3v) is 3.13. The van der Waals surface area contributed by atoms with Crippen LogP contribution in [0, 0.1) is 5.82 Å². The Morgan fingerprint density at radius 2 is 1.95 bits per heavy atom. The smallest absolute Gasteiger partial charge is 0.258 e. The number of benzene rings is 2. The summed E-state index contributed by atoms with van der Waals surface area (Å²) in [4.78, 5) is 4.25. The Labute approximate surface area is 122 Å². The van der Waals surface area contributed by atoms with E-state index in [0.29, 0.717) is 28.5 Å². The quantitative estimate of drug-likeness (QED) is 0.722. The van der Waals surface area contributed by atoms with Crippen LogP contribution < -0.4 is 5.73 Å². The molecule has 20 heavy (non-hydrogen) atoms. The first-order chi connectivity index (χ1) is 9.61. The normalized spacial score (nSPS) is 10.7. The number of hydrogen-bond donors (Lipinski definition) is 1. The fraction of sp³-hybridized carbons (Fsp3) is 0. The first-order valence-corrected chi connectivity index (χ1v) is 6.57. The summed E-state index contributed by atoms with van der Waals surface area (Å²) in [6, 6.07) is 11.3. The van der Waals surface area contributed by atoms with E-state index in [1.165, 1.54) is 12.1 Å². The van der Waals surface area contributed by atoms with Gasteiger partial charge in [-0.15, -0.1) is 0 Å². The first-order valence-electron chi connectivity index (χ1n) is 5.78. The molecule has 0 saturated heterocycles. The maximum absolute atomic E-state index is 13.2. The minimum atomic E-state index is -0.347. The van der Waals surface area contributed by atoms with Gasteiger partial charge in [0.15, 0.2) is 0 Å². The monoisotopic (exact) mass is 333 g/mol. The Kier molecular flexibility index (Phi) is 3.23. The molecule has 1 heterocycles. The molecule has 0 aliphatic carbocycles. The molecule has 0 radical (unpaired) electrons. The van der Waals surface area contributed by atoms with Crippen molar-refractivity contribution in [2.75, 3.05) is 5.73 Å². The van der Waals surface area contributed by atoms with Crippen LogP contribution in [0.3, 0.4) is 0 Å². The molecule has 1 aromatic heterocycles. The van der Waals surface area contributed by atoms with Crippen molar-refractivity contribution >= 4 is 21.6 Å². The van der Waals surface area contributed by atoms with Gasteiger partial charge in [0.2, 0.25) is 5.82 Å². The van der Waals surface area contributed by atoms with Gasteiger partial charge in [0, 0.05) is 21.3 Å². The van der Waals surface area contributed by atoms with Crippen molar-refractivity contribution in [3.8, 4) is 22.8 Å². The second-order valence-corrected chi connectivity index (χ2v) is 5.12. The van der Waals surface area contributed by atoms with E-state index in [1.54, 1.807) is 24.3 Å². The lowest BCUT2D eigenvalue weighted by atomic mass is 10.2. The Hall–Kier alpha value is -2.21. The second-order valence-electron chi connectivity index (χ2n) is 4.21. The molecule has 4 nitrogen and oxygen atoms in total. The largest absolute Gasteiger partial charge is 0.399 e. The Balaban J connectivity index is 2.02. The predicted molar refractivity (Wildman–Crippen MR) is 77.2 cm³/mol. The lowest BCUT2D eigenvalue weighted by molar-refractivity contribution is 0.432. The van der Waals surface area contributed by atoms with Crippen molar-refractivity contribution in [1.29, 1.82) is 0 Å². The molecule has 3 rings (SSSR count). The maximum atomic E-state index is 13.2. The fourth-order valence-electron chi connectivity index (χ4n) is 1.82. The van der Waals surface area contributed by atoms with Crippen LogP contribution in [0.25, 0.3) is 22.8 Å². The minimum Gasteiger partial charge on any atom is -0.399 e. The molecule has 0 saturated carbocycles. The van der Waals surface area contributed by atoms with E-state index in [1.807, 2.05) is 6.07 Å². The van der Waals surface area contributed by atoms with Gasteiger partial charge in [0.05, 0.1) is 0 Å². The zero-order valence-corrected chi connectivity index (χ0v) is 11.8. The highest BCUT2D eigenvalue weighted by molar-refractivity contribution is 9.10. The van der Waals surface area contributed by atoms with Crippen LogP contribution in [-0.2, 0) is 0 Å². The molecule has 0 spiro atoms. The highest BCUT2D eigenvalue weighted by Crippen LogP contribution is 2.27. The molecular weight excluding hydrogens is 325 g/mol. The summed E-state index contributed by atoms with van der Waals surface area (Å²) in [7, 11) is 0. The molecule has 0 amide bonds. The Bertz CT molecular complexity index is 752. The standard InChI is InChI=1S/C14H9BrFN3O/c15-10-4-9(6-12(17)7-10)14-18-13(19-20-14)8-2-1-3-11(16)5-8/h1-7H,17H2. The van der Waals surface area contributed by atoms with Crippen molar-refractivity contribution < 1.29 is 8.91 Å². The second kappa shape index (κ2) is 5.05. The molecule has 0 aliphatic rings. The van der Waals surface area contributed by atoms with Crippen molar-refractivity contribution in [2.45, 2.75) is 0 Å². The number of nitrogen functional groups attached to an aromatic ring is 1. The van der Waals surface area contributed by atoms with E-state index in [0.717, 1.165) is 4.47 Å². The van der Waals surface area contributed by atoms with E-state index in [4.69, 9.17) is 10.3 Å². The average molecular weight is 334 g/mol. The van der Waals surface area contributed by atoms with E-state index in [9.17, 15) is 4.39 Å². The number of rotatable bonds is 2. The van der Waals surface area contributed by atoms with Gasteiger partial charge >= 0.3 is 0 Å². The molecular formula is C14H9BrFN3O. The van der Waals surface area contributed by atoms with Crippen LogP contribution in [0.5, 0.6) is 0 Å². The van der Waals surface area contributed by atoms with E-state index in [2.05, 4.69) is 26.1 Å². The summed E-state index contributed by atoms with van der Waals surface area (Å²) in [5.41, 5.74) is 7.61. The van der Waals surface area contributed by atoms with Gasteiger partial charge < -0.3 is 10.3 Å². The number of anilines is 1. The summed E-state index contributed by atoms with van der Waals surface area (Å²) in [6.45, 7) is 0. The van der Waals surface area contributed by atoms with Crippen LogP contribution in [0.2, 0.25) is 0 Å². The van der Waals surface area contributed by atoms with Crippen LogP contribution in [0.4, 0.5) is 10.1 Å². The van der Waals surface area contributed by atoms with Crippen molar-refractivity contribution in [3.63, 3.8) is 0 Å². The van der Waals surface area contributed by atoms with Crippen LogP contribution >= 0.6 is 15.9 Å². The maximum Gasteiger partial charge on any atom is 0.258 e. The molecule has 0 bridgehead atoms. The van der Waals surface area contributed by atoms with Gasteiger partial charge in [0.1, 0.15) is 5.82 Å². The number of aromatic nitrogens is 2. The van der Waals surface area contributed by atoms with E-state index >= 15 is 0 Å². The summed E-state index contributed by atoms with van der Waals surface area (Å²) in [5, 5.41) is 3.85. The minimum absolute atomic E-state index is 0.331. The van der Waals surface area contributed by atoms with Gasteiger partial charge in [0.25, 0.3) is 5.89 Å². The van der Waals surface area contributed by atoms with Gasteiger partial charge in [-0.1, -0.05) is 33.2 Å². The first kappa shape index (κ1) is 12.8. The highest BCUT2D eigenvalue weighted by Gasteiger charge is 2.12. The lowest BCUT2D eigenvalue weighted by Crippen LogP contribution is -1.87. The van der Waals surface area contributed by atoms with Gasteiger partial charge in [-0.3, -0.25) is 0 Å². The summed E-state index contributed by atoms with van der Waals surface area (Å²) in [5.74, 6) is 0.316. The van der Waals surface area contributed by atoms with E-state index in [-0.39, 0.29) is 5.82 Å². The van der Waals surface area contributed by atoms with E-state index < -0.39 is 0 Å². The Morgan fingerprint density at radius 3 is 2.70 bits per heavy atom. The summed E-state index contributed by atoms with van der Waals surface area (Å²) >= 11 is 3.35. The van der Waals surface area contributed by atoms with Gasteiger partial charge in [-0.05, 0) is 30.3 Å². The van der Waals surface area contributed by atoms with Crippen molar-refractivity contribution in [1.82, 2.24) is 10.1 Å². The number of nitrogens with zero attached hydrogens (tertiary/aromatic N) is 2. The Morgan fingerprint density at radius 1 is 1.10 bits per heavy atom. The van der Waals surface area contributed by atoms with Crippen LogP contribution in [-0.4, -0.2) is 10.1 Å². The molecule has 0 fully saturated rings. The third-order valence-electron chi connectivity index (χ3n) is 2.68. The van der Waals surface area contributed by atoms with Crippen molar-refractivity contribution in [2.24, 2.45) is 0 Å². The zero-order valence-electron chi connectivity index (χ0n) is 10.2. The number of hydrogen-bond acceptors (Lipinski definition) is 4. The molecule has 2 N–H and O–H groups in total. The molecule has 0 aliphatic heterocycles. The van der Waals surface area contributed by atoms with Gasteiger partial charge in [-0.25, -0.2) is 4.39 Å². The molecule has 100 valence electrons. The van der Waals surface area contributed by atoms with Crippen LogP contribution in [0.1, 0.15) is 0 Å². The zero-order chi connectivity index (χ0) is 14.1. The molecule has 0 atom stereocenters. The third kappa shape index (κ3) is 2.55. The average Bonchev–Trinajstić information content (AvgIpc) is 2.87. The molecule has 0 unspecified atom stereocenters. The lowest BCUT2D eigenvalue weighted by Gasteiger charge is -1.98. The van der Waals surface area contributed by atoms with Crippen LogP contribution in [0.15, 0.2) is 51.5 Å². The SMILES string of the molecule is Nc1cc(Br)cc(-c2nc(-c3cccc(F)c3)no2)c1. The number of halogens is 2. The number of nitrogens with two attached hydrogens (primary N) is 1.